The number of hydrogen-bond donors (Lipinski definition) is 2. The van der Waals surface area contributed by atoms with Crippen molar-refractivity contribution in [2.24, 2.45) is 5.73 Å². The lowest BCUT2D eigenvalue weighted by Gasteiger charge is -2.28. The molecule has 6 nitrogen and oxygen atoms in total. The van der Waals surface area contributed by atoms with Crippen LogP contribution in [0.2, 0.25) is 0 Å². The van der Waals surface area contributed by atoms with Crippen molar-refractivity contribution in [1.29, 1.82) is 0 Å². The van der Waals surface area contributed by atoms with Gasteiger partial charge in [-0.05, 0) is 26.2 Å². The summed E-state index contributed by atoms with van der Waals surface area (Å²) in [4.78, 5) is 13.0. The lowest BCUT2D eigenvalue weighted by atomic mass is 9.92. The maximum absolute atomic E-state index is 12.1. The van der Waals surface area contributed by atoms with Gasteiger partial charge >= 0.3 is 0 Å². The van der Waals surface area contributed by atoms with E-state index in [2.05, 4.69) is 4.72 Å². The molecule has 1 saturated carbocycles. The highest BCUT2D eigenvalue weighted by atomic mass is 32.2. The molecule has 1 rings (SSSR count). The second-order valence-electron chi connectivity index (χ2n) is 5.16. The molecule has 0 aromatic carbocycles. The molecule has 0 spiro atoms. The Bertz CT molecular complexity index is 394. The Balaban J connectivity index is 2.66. The molecular weight excluding hydrogens is 254 g/mol. The van der Waals surface area contributed by atoms with Crippen LogP contribution < -0.4 is 10.5 Å². The fourth-order valence-corrected chi connectivity index (χ4v) is 3.52. The summed E-state index contributed by atoms with van der Waals surface area (Å²) < 4.78 is 26.7. The molecule has 7 heteroatoms. The highest BCUT2D eigenvalue weighted by molar-refractivity contribution is 7.90. The van der Waals surface area contributed by atoms with Crippen molar-refractivity contribution in [3.05, 3.63) is 0 Å². The lowest BCUT2D eigenvalue weighted by molar-refractivity contribution is -0.127. The first kappa shape index (κ1) is 15.4. The Morgan fingerprint density at radius 3 is 2.50 bits per heavy atom. The summed E-state index contributed by atoms with van der Waals surface area (Å²) >= 11 is 0. The van der Waals surface area contributed by atoms with Crippen LogP contribution in [-0.2, 0) is 14.8 Å². The summed E-state index contributed by atoms with van der Waals surface area (Å²) in [6, 6.07) is -0.0949. The maximum Gasteiger partial charge on any atom is 0.241 e. The van der Waals surface area contributed by atoms with E-state index in [1.54, 1.807) is 14.1 Å². The van der Waals surface area contributed by atoms with E-state index in [1.165, 1.54) is 11.8 Å². The molecule has 3 atom stereocenters. The van der Waals surface area contributed by atoms with E-state index < -0.39 is 21.2 Å². The van der Waals surface area contributed by atoms with Gasteiger partial charge in [0.25, 0.3) is 0 Å². The summed E-state index contributed by atoms with van der Waals surface area (Å²) in [6.07, 6.45) is 3.28. The molecule has 0 heterocycles. The van der Waals surface area contributed by atoms with Crippen LogP contribution in [0.3, 0.4) is 0 Å². The van der Waals surface area contributed by atoms with Gasteiger partial charge in [0.2, 0.25) is 15.9 Å². The van der Waals surface area contributed by atoms with E-state index in [0.29, 0.717) is 6.42 Å². The Hall–Kier alpha value is -0.660. The fraction of sp³-hybridized carbons (Fsp3) is 0.909. The van der Waals surface area contributed by atoms with Crippen molar-refractivity contribution < 1.29 is 13.2 Å². The van der Waals surface area contributed by atoms with Crippen LogP contribution >= 0.6 is 0 Å². The Kier molecular flexibility index (Phi) is 5.12. The van der Waals surface area contributed by atoms with Crippen LogP contribution in [0.15, 0.2) is 0 Å². The van der Waals surface area contributed by atoms with Crippen LogP contribution in [0.25, 0.3) is 0 Å². The SMILES string of the molecule is CC(C(=O)N(C)C)S(=O)(=O)NC1CCCC(N)C1. The first-order valence-electron chi connectivity index (χ1n) is 6.22. The molecule has 1 amide bonds. The van der Waals surface area contributed by atoms with Gasteiger partial charge in [0.15, 0.2) is 5.25 Å². The van der Waals surface area contributed by atoms with Gasteiger partial charge < -0.3 is 10.6 Å². The zero-order valence-electron chi connectivity index (χ0n) is 11.2. The molecule has 18 heavy (non-hydrogen) atoms. The first-order chi connectivity index (χ1) is 8.24. The van der Waals surface area contributed by atoms with E-state index in [9.17, 15) is 13.2 Å². The zero-order chi connectivity index (χ0) is 13.9. The zero-order valence-corrected chi connectivity index (χ0v) is 12.0. The van der Waals surface area contributed by atoms with Gasteiger partial charge in [-0.15, -0.1) is 0 Å². The monoisotopic (exact) mass is 277 g/mol. The number of amides is 1. The van der Waals surface area contributed by atoms with Crippen molar-refractivity contribution in [3.8, 4) is 0 Å². The lowest BCUT2D eigenvalue weighted by Crippen LogP contribution is -2.48. The minimum Gasteiger partial charge on any atom is -0.348 e. The van der Waals surface area contributed by atoms with E-state index in [4.69, 9.17) is 5.73 Å². The predicted octanol–water partition coefficient (Wildman–Crippen LogP) is -0.348. The highest BCUT2D eigenvalue weighted by Gasteiger charge is 2.32. The molecule has 0 aromatic heterocycles. The molecule has 0 saturated heterocycles. The molecule has 1 aliphatic carbocycles. The van der Waals surface area contributed by atoms with Crippen LogP contribution in [0.1, 0.15) is 32.6 Å². The number of carbonyl (C=O) groups is 1. The molecule has 1 aliphatic rings. The van der Waals surface area contributed by atoms with E-state index in [-0.39, 0.29) is 12.1 Å². The van der Waals surface area contributed by atoms with Crippen molar-refractivity contribution in [3.63, 3.8) is 0 Å². The molecule has 0 aromatic rings. The van der Waals surface area contributed by atoms with Crippen LogP contribution in [-0.4, -0.2) is 50.7 Å². The third kappa shape index (κ3) is 3.93. The first-order valence-corrected chi connectivity index (χ1v) is 7.76. The van der Waals surface area contributed by atoms with Crippen molar-refractivity contribution >= 4 is 15.9 Å². The maximum atomic E-state index is 12.1. The summed E-state index contributed by atoms with van der Waals surface area (Å²) in [5.41, 5.74) is 5.82. The minimum atomic E-state index is -3.62. The summed E-state index contributed by atoms with van der Waals surface area (Å²) in [6.45, 7) is 1.41. The Morgan fingerprint density at radius 1 is 1.39 bits per heavy atom. The number of nitrogens with one attached hydrogen (secondary N) is 1. The number of nitrogens with two attached hydrogens (primary N) is 1. The topological polar surface area (TPSA) is 92.5 Å². The average Bonchev–Trinajstić information content (AvgIpc) is 2.26. The number of rotatable bonds is 4. The van der Waals surface area contributed by atoms with E-state index >= 15 is 0 Å². The Morgan fingerprint density at radius 2 is 2.00 bits per heavy atom. The number of carbonyl (C=O) groups excluding carboxylic acids is 1. The van der Waals surface area contributed by atoms with Gasteiger partial charge in [0, 0.05) is 26.2 Å². The fourth-order valence-electron chi connectivity index (χ4n) is 2.17. The van der Waals surface area contributed by atoms with Crippen LogP contribution in [0.4, 0.5) is 0 Å². The summed E-state index contributed by atoms with van der Waals surface area (Å²) in [7, 11) is -0.531. The molecule has 0 aliphatic heterocycles. The van der Waals surface area contributed by atoms with Crippen LogP contribution in [0, 0.1) is 0 Å². The third-order valence-corrected chi connectivity index (χ3v) is 5.09. The van der Waals surface area contributed by atoms with E-state index in [1.807, 2.05) is 0 Å². The van der Waals surface area contributed by atoms with Gasteiger partial charge in [-0.1, -0.05) is 6.42 Å². The predicted molar refractivity (Wildman–Crippen MR) is 70.4 cm³/mol. The second-order valence-corrected chi connectivity index (χ2v) is 7.19. The largest absolute Gasteiger partial charge is 0.348 e. The quantitative estimate of drug-likeness (QED) is 0.735. The Labute approximate surface area is 109 Å². The molecule has 3 N–H and O–H groups in total. The van der Waals surface area contributed by atoms with Gasteiger partial charge in [0.05, 0.1) is 0 Å². The second kappa shape index (κ2) is 5.99. The normalized spacial score (nSPS) is 26.7. The van der Waals surface area contributed by atoms with Crippen molar-refractivity contribution in [1.82, 2.24) is 9.62 Å². The molecule has 3 unspecified atom stereocenters. The van der Waals surface area contributed by atoms with Gasteiger partial charge in [-0.2, -0.15) is 0 Å². The number of nitrogens with zero attached hydrogens (tertiary/aromatic N) is 1. The standard InChI is InChI=1S/C11H23N3O3S/c1-8(11(15)14(2)3)18(16,17)13-10-6-4-5-9(12)7-10/h8-10,13H,4-7,12H2,1-3H3. The molecule has 0 bridgehead atoms. The van der Waals surface area contributed by atoms with Crippen LogP contribution in [0.5, 0.6) is 0 Å². The smallest absolute Gasteiger partial charge is 0.241 e. The minimum absolute atomic E-state index is 0.0475. The van der Waals surface area contributed by atoms with E-state index in [0.717, 1.165) is 19.3 Å². The average molecular weight is 277 g/mol. The molecule has 1 fully saturated rings. The van der Waals surface area contributed by atoms with Gasteiger partial charge in [-0.25, -0.2) is 13.1 Å². The number of hydrogen-bond acceptors (Lipinski definition) is 4. The summed E-state index contributed by atoms with van der Waals surface area (Å²) in [5.74, 6) is -0.414. The molecule has 106 valence electrons. The van der Waals surface area contributed by atoms with Crippen molar-refractivity contribution in [2.45, 2.75) is 49.9 Å². The van der Waals surface area contributed by atoms with Crippen molar-refractivity contribution in [2.75, 3.05) is 14.1 Å². The summed E-state index contributed by atoms with van der Waals surface area (Å²) in [5, 5.41) is -1.06. The van der Waals surface area contributed by atoms with Gasteiger partial charge in [0.1, 0.15) is 0 Å². The molecular formula is C11H23N3O3S. The molecule has 0 radical (unpaired) electrons. The highest BCUT2D eigenvalue weighted by Crippen LogP contribution is 2.18. The number of sulfonamides is 1. The van der Waals surface area contributed by atoms with Gasteiger partial charge in [-0.3, -0.25) is 4.79 Å². The third-order valence-electron chi connectivity index (χ3n) is 3.30.